The van der Waals surface area contributed by atoms with Gasteiger partial charge in [-0.15, -0.1) is 0 Å². The van der Waals surface area contributed by atoms with Crippen LogP contribution in [-0.4, -0.2) is 17.8 Å². The molecule has 0 aromatic rings. The minimum atomic E-state index is -0.928. The summed E-state index contributed by atoms with van der Waals surface area (Å²) in [5.74, 6) is 3.41. The van der Waals surface area contributed by atoms with Crippen LogP contribution in [0.25, 0.3) is 0 Å². The van der Waals surface area contributed by atoms with E-state index in [2.05, 4.69) is 37.7 Å². The standard InChI is InChI=1S/C18H28N2O2/c1-12-5-6-13(2)16(7-12)17-8-15(4)18(19-10-21,20-11-22)9-14(17)3/h12-17H,5-9H2,1-4H3. The second-order valence-electron chi connectivity index (χ2n) is 7.83. The fourth-order valence-electron chi connectivity index (χ4n) is 4.92. The van der Waals surface area contributed by atoms with E-state index in [4.69, 9.17) is 0 Å². The lowest BCUT2D eigenvalue weighted by Gasteiger charge is -2.48. The highest BCUT2D eigenvalue weighted by Crippen LogP contribution is 2.50. The number of nitrogens with zero attached hydrogens (tertiary/aromatic N) is 2. The minimum Gasteiger partial charge on any atom is -0.211 e. The molecule has 2 aliphatic rings. The van der Waals surface area contributed by atoms with Crippen molar-refractivity contribution in [3.05, 3.63) is 0 Å². The Morgan fingerprint density at radius 2 is 1.45 bits per heavy atom. The summed E-state index contributed by atoms with van der Waals surface area (Å²) in [7, 11) is 0. The summed E-state index contributed by atoms with van der Waals surface area (Å²) in [6.45, 7) is 9.01. The van der Waals surface area contributed by atoms with Gasteiger partial charge in [-0.3, -0.25) is 0 Å². The Bertz CT molecular complexity index is 473. The van der Waals surface area contributed by atoms with Crippen molar-refractivity contribution >= 4 is 12.2 Å². The van der Waals surface area contributed by atoms with Crippen molar-refractivity contribution < 1.29 is 9.59 Å². The van der Waals surface area contributed by atoms with Gasteiger partial charge in [0.15, 0.2) is 5.66 Å². The van der Waals surface area contributed by atoms with Gasteiger partial charge in [0.2, 0.25) is 12.2 Å². The average molecular weight is 304 g/mol. The van der Waals surface area contributed by atoms with Crippen LogP contribution in [0.15, 0.2) is 9.98 Å². The van der Waals surface area contributed by atoms with Crippen LogP contribution in [0.3, 0.4) is 0 Å². The second-order valence-corrected chi connectivity index (χ2v) is 7.83. The SMILES string of the molecule is CC1CCC(C)C(C2CC(C)C(N=C=O)(N=C=O)CC2C)C1. The maximum atomic E-state index is 10.8. The molecule has 2 aliphatic carbocycles. The van der Waals surface area contributed by atoms with Crippen LogP contribution in [0.2, 0.25) is 0 Å². The van der Waals surface area contributed by atoms with E-state index >= 15 is 0 Å². The zero-order valence-corrected chi connectivity index (χ0v) is 14.2. The van der Waals surface area contributed by atoms with Gasteiger partial charge in [-0.2, -0.15) is 9.98 Å². The zero-order valence-electron chi connectivity index (χ0n) is 14.2. The topological polar surface area (TPSA) is 58.9 Å². The van der Waals surface area contributed by atoms with E-state index in [9.17, 15) is 9.59 Å². The minimum absolute atomic E-state index is 0.0843. The Balaban J connectivity index is 2.22. The van der Waals surface area contributed by atoms with Gasteiger partial charge in [-0.25, -0.2) is 9.59 Å². The lowest BCUT2D eigenvalue weighted by Crippen LogP contribution is -2.46. The summed E-state index contributed by atoms with van der Waals surface area (Å²) in [5.41, 5.74) is -0.928. The number of isocyanates is 2. The molecule has 0 aromatic carbocycles. The first-order valence-electron chi connectivity index (χ1n) is 8.61. The van der Waals surface area contributed by atoms with Gasteiger partial charge in [-0.1, -0.05) is 40.5 Å². The third-order valence-corrected chi connectivity index (χ3v) is 6.32. The van der Waals surface area contributed by atoms with Crippen LogP contribution in [-0.2, 0) is 9.59 Å². The molecule has 4 heteroatoms. The first-order chi connectivity index (χ1) is 10.4. The highest BCUT2D eigenvalue weighted by molar-refractivity contribution is 5.39. The van der Waals surface area contributed by atoms with Crippen LogP contribution >= 0.6 is 0 Å². The lowest BCUT2D eigenvalue weighted by molar-refractivity contribution is 0.0261. The van der Waals surface area contributed by atoms with Gasteiger partial charge in [0.1, 0.15) is 0 Å². The molecule has 0 radical (unpaired) electrons. The molecule has 6 unspecified atom stereocenters. The predicted octanol–water partition coefficient (Wildman–Crippen LogP) is 4.11. The van der Waals surface area contributed by atoms with Crippen LogP contribution in [0.4, 0.5) is 0 Å². The van der Waals surface area contributed by atoms with Crippen molar-refractivity contribution in [2.45, 2.75) is 65.5 Å². The molecule has 0 amide bonds. The fourth-order valence-corrected chi connectivity index (χ4v) is 4.92. The van der Waals surface area contributed by atoms with Crippen LogP contribution in [0, 0.1) is 35.5 Å². The van der Waals surface area contributed by atoms with Gasteiger partial charge in [0.05, 0.1) is 0 Å². The molecule has 0 N–H and O–H groups in total. The summed E-state index contributed by atoms with van der Waals surface area (Å²) in [5, 5.41) is 0. The molecular formula is C18H28N2O2. The van der Waals surface area contributed by atoms with Crippen molar-refractivity contribution in [2.75, 3.05) is 0 Å². The molecule has 0 aliphatic heterocycles. The van der Waals surface area contributed by atoms with E-state index in [-0.39, 0.29) is 5.92 Å². The molecule has 122 valence electrons. The predicted molar refractivity (Wildman–Crippen MR) is 85.7 cm³/mol. The summed E-state index contributed by atoms with van der Waals surface area (Å²) in [4.78, 5) is 29.4. The molecular weight excluding hydrogens is 276 g/mol. The summed E-state index contributed by atoms with van der Waals surface area (Å²) < 4.78 is 0. The highest BCUT2D eigenvalue weighted by Gasteiger charge is 2.48. The molecule has 2 rings (SSSR count). The number of aliphatic imine (C=N–C) groups is 2. The molecule has 0 aromatic heterocycles. The number of hydrogen-bond donors (Lipinski definition) is 0. The van der Waals surface area contributed by atoms with E-state index in [0.29, 0.717) is 18.3 Å². The van der Waals surface area contributed by atoms with Crippen molar-refractivity contribution in [3.63, 3.8) is 0 Å². The Morgan fingerprint density at radius 1 is 0.864 bits per heavy atom. The van der Waals surface area contributed by atoms with Crippen LogP contribution in [0.5, 0.6) is 0 Å². The molecule has 2 saturated carbocycles. The monoisotopic (exact) mass is 304 g/mol. The number of carbonyl (C=O) groups excluding carboxylic acids is 2. The summed E-state index contributed by atoms with van der Waals surface area (Å²) in [6.07, 6.45) is 8.82. The Hall–Kier alpha value is -1.24. The zero-order chi connectivity index (χ0) is 16.3. The first kappa shape index (κ1) is 17.1. The van der Waals surface area contributed by atoms with Gasteiger partial charge in [0.25, 0.3) is 0 Å². The van der Waals surface area contributed by atoms with Gasteiger partial charge >= 0.3 is 0 Å². The van der Waals surface area contributed by atoms with E-state index in [1.807, 2.05) is 0 Å². The van der Waals surface area contributed by atoms with Gasteiger partial charge < -0.3 is 0 Å². The van der Waals surface area contributed by atoms with Gasteiger partial charge in [0, 0.05) is 5.92 Å². The van der Waals surface area contributed by atoms with E-state index in [0.717, 1.165) is 24.2 Å². The lowest BCUT2D eigenvalue weighted by atomic mass is 9.59. The van der Waals surface area contributed by atoms with Gasteiger partial charge in [-0.05, 0) is 48.9 Å². The molecule has 4 nitrogen and oxygen atoms in total. The van der Waals surface area contributed by atoms with Crippen molar-refractivity contribution in [1.82, 2.24) is 0 Å². The Morgan fingerprint density at radius 3 is 2.05 bits per heavy atom. The molecule has 0 heterocycles. The van der Waals surface area contributed by atoms with E-state index in [1.165, 1.54) is 19.3 Å². The fraction of sp³-hybridized carbons (Fsp3) is 0.889. The van der Waals surface area contributed by atoms with Crippen LogP contribution in [0.1, 0.15) is 59.8 Å². The van der Waals surface area contributed by atoms with Crippen molar-refractivity contribution in [2.24, 2.45) is 45.5 Å². The molecule has 2 fully saturated rings. The Kier molecular flexibility index (Phi) is 5.36. The largest absolute Gasteiger partial charge is 0.237 e. The third kappa shape index (κ3) is 3.24. The normalized spacial score (nSPS) is 45.5. The Labute approximate surface area is 133 Å². The molecule has 0 bridgehead atoms. The smallest absolute Gasteiger partial charge is 0.211 e. The summed E-state index contributed by atoms with van der Waals surface area (Å²) in [6, 6.07) is 0. The number of rotatable bonds is 3. The maximum absolute atomic E-state index is 10.8. The molecule has 6 atom stereocenters. The highest BCUT2D eigenvalue weighted by atomic mass is 16.1. The van der Waals surface area contributed by atoms with Crippen molar-refractivity contribution in [1.29, 1.82) is 0 Å². The quantitative estimate of drug-likeness (QED) is 0.582. The third-order valence-electron chi connectivity index (χ3n) is 6.32. The molecule has 0 saturated heterocycles. The molecule has 22 heavy (non-hydrogen) atoms. The van der Waals surface area contributed by atoms with E-state index < -0.39 is 5.66 Å². The number of hydrogen-bond acceptors (Lipinski definition) is 4. The summed E-state index contributed by atoms with van der Waals surface area (Å²) >= 11 is 0. The van der Waals surface area contributed by atoms with Crippen molar-refractivity contribution in [3.8, 4) is 0 Å². The molecule has 0 spiro atoms. The first-order valence-corrected chi connectivity index (χ1v) is 8.61. The average Bonchev–Trinajstić information content (AvgIpc) is 2.46. The van der Waals surface area contributed by atoms with Crippen LogP contribution < -0.4 is 0 Å². The van der Waals surface area contributed by atoms with E-state index in [1.54, 1.807) is 12.2 Å². The second kappa shape index (κ2) is 6.89. The maximum Gasteiger partial charge on any atom is 0.237 e.